The Labute approximate surface area is 137 Å². The second-order valence-corrected chi connectivity index (χ2v) is 5.61. The summed E-state index contributed by atoms with van der Waals surface area (Å²) < 4.78 is 5.35. The van der Waals surface area contributed by atoms with Crippen LogP contribution in [0.4, 0.5) is 4.79 Å². The van der Waals surface area contributed by atoms with Crippen molar-refractivity contribution in [3.05, 3.63) is 57.8 Å². The summed E-state index contributed by atoms with van der Waals surface area (Å²) in [6, 6.07) is 9.66. The fraction of sp³-hybridized carbons (Fsp3) is 0.188. The fourth-order valence-electron chi connectivity index (χ4n) is 1.88. The molecule has 3 amide bonds. The first kappa shape index (κ1) is 16.7. The maximum Gasteiger partial charge on any atom is 0.349 e. The van der Waals surface area contributed by atoms with Crippen LogP contribution in [0.25, 0.3) is 0 Å². The van der Waals surface area contributed by atoms with E-state index in [1.165, 1.54) is 18.4 Å². The van der Waals surface area contributed by atoms with E-state index in [9.17, 15) is 14.4 Å². The average Bonchev–Trinajstić information content (AvgIpc) is 2.99. The lowest BCUT2D eigenvalue weighted by molar-refractivity contribution is -0.129. The number of carbonyl (C=O) groups is 3. The number of urea groups is 1. The molecule has 0 bridgehead atoms. The third kappa shape index (κ3) is 4.17. The number of thiophene rings is 1. The van der Waals surface area contributed by atoms with Crippen LogP contribution < -0.4 is 10.6 Å². The van der Waals surface area contributed by atoms with E-state index in [0.717, 1.165) is 5.56 Å². The van der Waals surface area contributed by atoms with Crippen molar-refractivity contribution < 1.29 is 19.1 Å². The monoisotopic (exact) mass is 332 g/mol. The topological polar surface area (TPSA) is 84.5 Å². The molecule has 1 atom stereocenters. The van der Waals surface area contributed by atoms with E-state index in [0.29, 0.717) is 10.4 Å². The molecule has 1 aromatic carbocycles. The molecule has 2 N–H and O–H groups in total. The van der Waals surface area contributed by atoms with Gasteiger partial charge in [0, 0.05) is 12.6 Å². The van der Waals surface area contributed by atoms with Crippen molar-refractivity contribution in [1.29, 1.82) is 0 Å². The zero-order chi connectivity index (χ0) is 16.8. The molecule has 0 spiro atoms. The van der Waals surface area contributed by atoms with E-state index in [-0.39, 0.29) is 0 Å². The summed E-state index contributed by atoms with van der Waals surface area (Å²) in [5, 5.41) is 6.19. The Morgan fingerprint density at radius 1 is 1.13 bits per heavy atom. The van der Waals surface area contributed by atoms with Crippen molar-refractivity contribution in [3.8, 4) is 0 Å². The average molecular weight is 332 g/mol. The van der Waals surface area contributed by atoms with Gasteiger partial charge in [0.15, 0.2) is 0 Å². The maximum absolute atomic E-state index is 12.3. The Bertz CT molecular complexity index is 712. The first-order chi connectivity index (χ1) is 11.0. The maximum atomic E-state index is 12.3. The Balaban J connectivity index is 2.23. The van der Waals surface area contributed by atoms with Gasteiger partial charge in [-0.05, 0) is 23.9 Å². The highest BCUT2D eigenvalue weighted by Gasteiger charge is 2.27. The van der Waals surface area contributed by atoms with Crippen molar-refractivity contribution in [2.45, 2.75) is 13.0 Å². The molecule has 1 heterocycles. The van der Waals surface area contributed by atoms with Crippen LogP contribution in [0, 0.1) is 6.92 Å². The number of ether oxygens (including phenoxy) is 1. The molecule has 0 fully saturated rings. The van der Waals surface area contributed by atoms with Gasteiger partial charge in [0.05, 0.1) is 0 Å². The normalized spacial score (nSPS) is 11.4. The molecular formula is C16H16N2O4S. The van der Waals surface area contributed by atoms with Crippen LogP contribution in [-0.2, 0) is 9.53 Å². The SMILES string of the molecule is CNC(=O)NC(=O)[C@@H](OC(=O)c1sccc1C)c1ccccc1. The third-order valence-corrected chi connectivity index (χ3v) is 4.07. The Hall–Kier alpha value is -2.67. The molecule has 0 aliphatic rings. The second kappa shape index (κ2) is 7.55. The summed E-state index contributed by atoms with van der Waals surface area (Å²) in [5.41, 5.74) is 1.26. The lowest BCUT2D eigenvalue weighted by Crippen LogP contribution is -2.41. The molecule has 2 rings (SSSR count). The molecule has 0 aliphatic heterocycles. The zero-order valence-corrected chi connectivity index (χ0v) is 13.5. The van der Waals surface area contributed by atoms with Crippen LogP contribution in [0.5, 0.6) is 0 Å². The molecule has 0 radical (unpaired) electrons. The molecule has 0 unspecified atom stereocenters. The van der Waals surface area contributed by atoms with E-state index < -0.39 is 24.0 Å². The Morgan fingerprint density at radius 2 is 1.83 bits per heavy atom. The van der Waals surface area contributed by atoms with Gasteiger partial charge in [-0.3, -0.25) is 10.1 Å². The van der Waals surface area contributed by atoms with Crippen molar-refractivity contribution in [2.75, 3.05) is 7.05 Å². The van der Waals surface area contributed by atoms with Gasteiger partial charge < -0.3 is 10.1 Å². The minimum Gasteiger partial charge on any atom is -0.443 e. The molecule has 0 saturated heterocycles. The van der Waals surface area contributed by atoms with Gasteiger partial charge in [0.25, 0.3) is 5.91 Å². The quantitative estimate of drug-likeness (QED) is 0.842. The highest BCUT2D eigenvalue weighted by Crippen LogP contribution is 2.23. The van der Waals surface area contributed by atoms with E-state index in [1.54, 1.807) is 48.7 Å². The van der Waals surface area contributed by atoms with Crippen LogP contribution in [0.2, 0.25) is 0 Å². The summed E-state index contributed by atoms with van der Waals surface area (Å²) in [4.78, 5) is 36.3. The zero-order valence-electron chi connectivity index (χ0n) is 12.7. The predicted molar refractivity (Wildman–Crippen MR) is 86.3 cm³/mol. The molecule has 2 aromatic rings. The van der Waals surface area contributed by atoms with E-state index in [1.807, 2.05) is 0 Å². The lowest BCUT2D eigenvalue weighted by atomic mass is 10.1. The third-order valence-electron chi connectivity index (χ3n) is 3.08. The standard InChI is InChI=1S/C16H16N2O4S/c1-10-8-9-23-13(10)15(20)22-12(11-6-4-3-5-7-11)14(19)18-16(21)17-2/h3-9,12H,1-2H3,(H2,17,18,19,21)/t12-/m0/s1. The van der Waals surface area contributed by atoms with Crippen molar-refractivity contribution in [2.24, 2.45) is 0 Å². The number of benzene rings is 1. The summed E-state index contributed by atoms with van der Waals surface area (Å²) in [6.07, 6.45) is -1.21. The number of nitrogens with one attached hydrogen (secondary N) is 2. The predicted octanol–water partition coefficient (Wildman–Crippen LogP) is 2.41. The highest BCUT2D eigenvalue weighted by atomic mass is 32.1. The number of rotatable bonds is 4. The van der Waals surface area contributed by atoms with Gasteiger partial charge >= 0.3 is 12.0 Å². The molecule has 7 heteroatoms. The fourth-order valence-corrected chi connectivity index (χ4v) is 2.69. The number of amides is 3. The van der Waals surface area contributed by atoms with Gasteiger partial charge in [-0.25, -0.2) is 9.59 Å². The van der Waals surface area contributed by atoms with Crippen LogP contribution in [0.15, 0.2) is 41.8 Å². The minimum atomic E-state index is -1.21. The number of esters is 1. The van der Waals surface area contributed by atoms with Crippen LogP contribution >= 0.6 is 11.3 Å². The summed E-state index contributed by atoms with van der Waals surface area (Å²) >= 11 is 1.24. The summed E-state index contributed by atoms with van der Waals surface area (Å²) in [7, 11) is 1.39. The number of imide groups is 1. The van der Waals surface area contributed by atoms with Crippen molar-refractivity contribution >= 4 is 29.2 Å². The lowest BCUT2D eigenvalue weighted by Gasteiger charge is -2.17. The molecule has 0 aliphatic carbocycles. The number of hydrogen-bond acceptors (Lipinski definition) is 5. The van der Waals surface area contributed by atoms with Crippen LogP contribution in [0.1, 0.15) is 26.9 Å². The largest absolute Gasteiger partial charge is 0.443 e. The molecule has 120 valence electrons. The van der Waals surface area contributed by atoms with E-state index in [4.69, 9.17) is 4.74 Å². The minimum absolute atomic E-state index is 0.429. The molecule has 6 nitrogen and oxygen atoms in total. The summed E-state index contributed by atoms with van der Waals surface area (Å²) in [5.74, 6) is -1.31. The van der Waals surface area contributed by atoms with Crippen molar-refractivity contribution in [1.82, 2.24) is 10.6 Å². The number of carbonyl (C=O) groups excluding carboxylic acids is 3. The van der Waals surface area contributed by atoms with Gasteiger partial charge in [0.1, 0.15) is 4.88 Å². The molecular weight excluding hydrogens is 316 g/mol. The van der Waals surface area contributed by atoms with Gasteiger partial charge in [-0.2, -0.15) is 0 Å². The van der Waals surface area contributed by atoms with Gasteiger partial charge in [-0.15, -0.1) is 11.3 Å². The van der Waals surface area contributed by atoms with E-state index >= 15 is 0 Å². The Morgan fingerprint density at radius 3 is 2.39 bits per heavy atom. The Kier molecular flexibility index (Phi) is 5.48. The van der Waals surface area contributed by atoms with E-state index in [2.05, 4.69) is 10.6 Å². The highest BCUT2D eigenvalue weighted by molar-refractivity contribution is 7.12. The number of hydrogen-bond donors (Lipinski definition) is 2. The summed E-state index contributed by atoms with van der Waals surface area (Å²) in [6.45, 7) is 1.79. The first-order valence-electron chi connectivity index (χ1n) is 6.85. The molecule has 1 aromatic heterocycles. The molecule has 23 heavy (non-hydrogen) atoms. The van der Waals surface area contributed by atoms with Gasteiger partial charge in [0.2, 0.25) is 6.10 Å². The first-order valence-corrected chi connectivity index (χ1v) is 7.73. The second-order valence-electron chi connectivity index (χ2n) is 4.70. The smallest absolute Gasteiger partial charge is 0.349 e. The van der Waals surface area contributed by atoms with Crippen molar-refractivity contribution in [3.63, 3.8) is 0 Å². The van der Waals surface area contributed by atoms with Crippen LogP contribution in [0.3, 0.4) is 0 Å². The van der Waals surface area contributed by atoms with Gasteiger partial charge in [-0.1, -0.05) is 30.3 Å². The molecule has 0 saturated carbocycles. The number of aryl methyl sites for hydroxylation is 1. The van der Waals surface area contributed by atoms with Crippen LogP contribution in [-0.4, -0.2) is 25.0 Å².